The van der Waals surface area contributed by atoms with Crippen molar-refractivity contribution in [2.75, 3.05) is 0 Å². The molecule has 30 heavy (non-hydrogen) atoms. The SMILES string of the molecule is Cc1cc(C(=O)N/N=C/c2cc(N=Nc3cccc(C(F)(F)F)c3)ccc2O)n[nH]1. The van der Waals surface area contributed by atoms with Crippen LogP contribution in [0.25, 0.3) is 0 Å². The zero-order valence-electron chi connectivity index (χ0n) is 15.5. The molecule has 0 atom stereocenters. The Kier molecular flexibility index (Phi) is 5.90. The van der Waals surface area contributed by atoms with Gasteiger partial charge in [-0.3, -0.25) is 9.89 Å². The first-order chi connectivity index (χ1) is 14.2. The quantitative estimate of drug-likeness (QED) is 0.320. The van der Waals surface area contributed by atoms with Gasteiger partial charge in [-0.1, -0.05) is 6.07 Å². The van der Waals surface area contributed by atoms with Gasteiger partial charge in [-0.05, 0) is 49.4 Å². The predicted octanol–water partition coefficient (Wildman–Crippen LogP) is 4.62. The number of amides is 1. The summed E-state index contributed by atoms with van der Waals surface area (Å²) in [7, 11) is 0. The Balaban J connectivity index is 1.72. The maximum absolute atomic E-state index is 12.8. The molecule has 3 aromatic rings. The molecule has 0 aliphatic heterocycles. The summed E-state index contributed by atoms with van der Waals surface area (Å²) in [4.78, 5) is 11.9. The van der Waals surface area contributed by atoms with Crippen LogP contribution in [0.5, 0.6) is 5.75 Å². The van der Waals surface area contributed by atoms with Crippen LogP contribution in [0.15, 0.2) is 63.9 Å². The largest absolute Gasteiger partial charge is 0.507 e. The topological polar surface area (TPSA) is 115 Å². The maximum Gasteiger partial charge on any atom is 0.416 e. The van der Waals surface area contributed by atoms with Crippen LogP contribution in [-0.4, -0.2) is 27.4 Å². The second kappa shape index (κ2) is 8.55. The number of aromatic amines is 1. The molecule has 1 amide bonds. The minimum atomic E-state index is -4.48. The third-order valence-electron chi connectivity index (χ3n) is 3.77. The Morgan fingerprint density at radius 2 is 1.87 bits per heavy atom. The molecule has 0 bridgehead atoms. The van der Waals surface area contributed by atoms with E-state index in [-0.39, 0.29) is 28.4 Å². The van der Waals surface area contributed by atoms with Crippen LogP contribution < -0.4 is 5.43 Å². The summed E-state index contributed by atoms with van der Waals surface area (Å²) in [5.74, 6) is -0.683. The normalized spacial score (nSPS) is 12.0. The van der Waals surface area contributed by atoms with Crippen LogP contribution in [-0.2, 0) is 6.18 Å². The lowest BCUT2D eigenvalue weighted by Crippen LogP contribution is -2.18. The molecule has 0 spiro atoms. The lowest BCUT2D eigenvalue weighted by atomic mass is 10.2. The maximum atomic E-state index is 12.8. The fourth-order valence-electron chi connectivity index (χ4n) is 2.32. The van der Waals surface area contributed by atoms with Gasteiger partial charge in [-0.15, -0.1) is 0 Å². The van der Waals surface area contributed by atoms with E-state index in [4.69, 9.17) is 0 Å². The van der Waals surface area contributed by atoms with Crippen molar-refractivity contribution in [1.82, 2.24) is 15.6 Å². The summed E-state index contributed by atoms with van der Waals surface area (Å²) < 4.78 is 38.3. The zero-order chi connectivity index (χ0) is 21.7. The number of aryl methyl sites for hydroxylation is 1. The fraction of sp³-hybridized carbons (Fsp3) is 0.105. The highest BCUT2D eigenvalue weighted by molar-refractivity contribution is 5.93. The van der Waals surface area contributed by atoms with Crippen molar-refractivity contribution < 1.29 is 23.1 Å². The minimum Gasteiger partial charge on any atom is -0.507 e. The number of phenols is 1. The standard InChI is InChI=1S/C19H15F3N6O2/c1-11-7-16(27-24-11)18(30)28-23-10-12-8-15(5-6-17(12)29)26-25-14-4-2-3-13(9-14)19(20,21)22/h2-10,29H,1H3,(H,24,27)(H,28,30)/b23-10+,26-25?. The highest BCUT2D eigenvalue weighted by Crippen LogP contribution is 2.32. The predicted molar refractivity (Wildman–Crippen MR) is 102 cm³/mol. The lowest BCUT2D eigenvalue weighted by molar-refractivity contribution is -0.137. The fourth-order valence-corrected chi connectivity index (χ4v) is 2.32. The molecule has 0 saturated heterocycles. The van der Waals surface area contributed by atoms with E-state index in [1.54, 1.807) is 6.92 Å². The highest BCUT2D eigenvalue weighted by atomic mass is 19.4. The summed E-state index contributed by atoms with van der Waals surface area (Å²) in [6.07, 6.45) is -3.29. The Morgan fingerprint density at radius 3 is 2.53 bits per heavy atom. The molecule has 0 fully saturated rings. The molecule has 0 aliphatic rings. The number of hydrazone groups is 1. The van der Waals surface area contributed by atoms with Crippen molar-refractivity contribution in [2.24, 2.45) is 15.3 Å². The second-order valence-corrected chi connectivity index (χ2v) is 6.13. The number of halogens is 3. The molecule has 11 heteroatoms. The van der Waals surface area contributed by atoms with E-state index in [1.165, 1.54) is 42.6 Å². The third kappa shape index (κ3) is 5.28. The van der Waals surface area contributed by atoms with Gasteiger partial charge in [-0.25, -0.2) is 5.43 Å². The average Bonchev–Trinajstić information content (AvgIpc) is 3.14. The molecule has 0 radical (unpaired) electrons. The lowest BCUT2D eigenvalue weighted by Gasteiger charge is -2.06. The van der Waals surface area contributed by atoms with Crippen molar-refractivity contribution in [3.63, 3.8) is 0 Å². The van der Waals surface area contributed by atoms with Gasteiger partial charge in [-0.2, -0.15) is 33.6 Å². The average molecular weight is 416 g/mol. The Morgan fingerprint density at radius 1 is 1.13 bits per heavy atom. The van der Waals surface area contributed by atoms with E-state index >= 15 is 0 Å². The molecule has 154 valence electrons. The number of aromatic nitrogens is 2. The third-order valence-corrected chi connectivity index (χ3v) is 3.77. The summed E-state index contributed by atoms with van der Waals surface area (Å²) in [6.45, 7) is 1.74. The first-order valence-electron chi connectivity index (χ1n) is 8.50. The van der Waals surface area contributed by atoms with Crippen molar-refractivity contribution >= 4 is 23.5 Å². The number of alkyl halides is 3. The number of nitrogens with zero attached hydrogens (tertiary/aromatic N) is 4. The van der Waals surface area contributed by atoms with Gasteiger partial charge >= 0.3 is 6.18 Å². The number of carbonyl (C=O) groups is 1. The Hall–Kier alpha value is -4.02. The van der Waals surface area contributed by atoms with Gasteiger partial charge in [0, 0.05) is 11.3 Å². The van der Waals surface area contributed by atoms with Crippen molar-refractivity contribution in [3.8, 4) is 5.75 Å². The number of hydrogen-bond donors (Lipinski definition) is 3. The van der Waals surface area contributed by atoms with Crippen molar-refractivity contribution in [2.45, 2.75) is 13.1 Å². The van der Waals surface area contributed by atoms with Crippen LogP contribution in [0.4, 0.5) is 24.5 Å². The van der Waals surface area contributed by atoms with Gasteiger partial charge in [0.15, 0.2) is 5.69 Å². The van der Waals surface area contributed by atoms with Gasteiger partial charge < -0.3 is 5.11 Å². The molecule has 3 rings (SSSR count). The molecule has 0 unspecified atom stereocenters. The van der Waals surface area contributed by atoms with E-state index in [0.717, 1.165) is 12.1 Å². The van der Waals surface area contributed by atoms with Crippen molar-refractivity contribution in [1.29, 1.82) is 0 Å². The minimum absolute atomic E-state index is 0.0228. The number of hydrogen-bond acceptors (Lipinski definition) is 6. The number of azo groups is 1. The summed E-state index contributed by atoms with van der Waals surface area (Å²) >= 11 is 0. The number of nitrogens with one attached hydrogen (secondary N) is 2. The van der Waals surface area contributed by atoms with Crippen LogP contribution in [0.3, 0.4) is 0 Å². The van der Waals surface area contributed by atoms with E-state index in [9.17, 15) is 23.1 Å². The smallest absolute Gasteiger partial charge is 0.416 e. The Labute approximate surface area is 168 Å². The molecule has 8 nitrogen and oxygen atoms in total. The first-order valence-corrected chi connectivity index (χ1v) is 8.50. The van der Waals surface area contributed by atoms with Crippen LogP contribution >= 0.6 is 0 Å². The molecule has 0 saturated carbocycles. The van der Waals surface area contributed by atoms with E-state index in [1.807, 2.05) is 0 Å². The summed E-state index contributed by atoms with van der Waals surface area (Å²) in [6, 6.07) is 10.1. The van der Waals surface area contributed by atoms with Gasteiger partial charge in [0.1, 0.15) is 5.75 Å². The number of benzene rings is 2. The van der Waals surface area contributed by atoms with Crippen molar-refractivity contribution in [3.05, 3.63) is 71.0 Å². The number of rotatable bonds is 5. The van der Waals surface area contributed by atoms with E-state index in [0.29, 0.717) is 5.69 Å². The van der Waals surface area contributed by atoms with E-state index < -0.39 is 17.6 Å². The molecular formula is C19H15F3N6O2. The Bertz CT molecular complexity index is 1120. The molecular weight excluding hydrogens is 401 g/mol. The van der Waals surface area contributed by atoms with Crippen LogP contribution in [0.2, 0.25) is 0 Å². The summed E-state index contributed by atoms with van der Waals surface area (Å²) in [5, 5.41) is 27.7. The zero-order valence-corrected chi connectivity index (χ0v) is 15.5. The summed E-state index contributed by atoms with van der Waals surface area (Å²) in [5.41, 5.74) is 2.79. The molecule has 0 aliphatic carbocycles. The highest BCUT2D eigenvalue weighted by Gasteiger charge is 2.30. The number of carbonyl (C=O) groups excluding carboxylic acids is 1. The molecule has 1 aromatic heterocycles. The first kappa shape index (κ1) is 20.7. The van der Waals surface area contributed by atoms with Crippen LogP contribution in [0, 0.1) is 6.92 Å². The number of aromatic hydroxyl groups is 1. The van der Waals surface area contributed by atoms with E-state index in [2.05, 4.69) is 31.0 Å². The monoisotopic (exact) mass is 416 g/mol. The molecule has 2 aromatic carbocycles. The van der Waals surface area contributed by atoms with Gasteiger partial charge in [0.2, 0.25) is 0 Å². The molecule has 1 heterocycles. The number of H-pyrrole nitrogens is 1. The molecule has 3 N–H and O–H groups in total. The van der Waals surface area contributed by atoms with Gasteiger partial charge in [0.05, 0.1) is 23.2 Å². The van der Waals surface area contributed by atoms with Crippen LogP contribution in [0.1, 0.15) is 27.3 Å². The second-order valence-electron chi connectivity index (χ2n) is 6.13. The number of phenolic OH excluding ortho intramolecular Hbond substituents is 1. The van der Waals surface area contributed by atoms with Gasteiger partial charge in [0.25, 0.3) is 5.91 Å².